The van der Waals surface area contributed by atoms with Gasteiger partial charge >= 0.3 is 5.97 Å². The second-order valence-electron chi connectivity index (χ2n) is 7.24. The van der Waals surface area contributed by atoms with Crippen LogP contribution in [-0.4, -0.2) is 55.7 Å². The summed E-state index contributed by atoms with van der Waals surface area (Å²) >= 11 is 1.53. The third-order valence-electron chi connectivity index (χ3n) is 4.94. The van der Waals surface area contributed by atoms with Gasteiger partial charge in [-0.3, -0.25) is 9.69 Å². The molecule has 2 aliphatic rings. The summed E-state index contributed by atoms with van der Waals surface area (Å²) in [6, 6.07) is 0. The van der Waals surface area contributed by atoms with Crippen LogP contribution in [0.3, 0.4) is 0 Å². The SMILES string of the molecule is CCOC(=O)c1c(NC(=O)CN2CCOC(C)C2)sc2c1CCC(C)C2. The maximum Gasteiger partial charge on any atom is 0.341 e. The average molecular weight is 381 g/mol. The smallest absolute Gasteiger partial charge is 0.341 e. The van der Waals surface area contributed by atoms with Crippen LogP contribution < -0.4 is 5.32 Å². The van der Waals surface area contributed by atoms with Crippen LogP contribution in [-0.2, 0) is 27.1 Å². The molecule has 2 unspecified atom stereocenters. The Balaban J connectivity index is 1.75. The highest BCUT2D eigenvalue weighted by Gasteiger charge is 2.29. The van der Waals surface area contributed by atoms with Gasteiger partial charge in [0.1, 0.15) is 5.00 Å². The third kappa shape index (κ3) is 4.45. The Labute approximate surface area is 158 Å². The summed E-state index contributed by atoms with van der Waals surface area (Å²) in [7, 11) is 0. The van der Waals surface area contributed by atoms with E-state index >= 15 is 0 Å². The van der Waals surface area contributed by atoms with E-state index in [9.17, 15) is 9.59 Å². The van der Waals surface area contributed by atoms with Crippen LogP contribution in [0.2, 0.25) is 0 Å². The second kappa shape index (κ2) is 8.50. The fourth-order valence-corrected chi connectivity index (χ4v) is 5.08. The van der Waals surface area contributed by atoms with Gasteiger partial charge in [0.05, 0.1) is 31.4 Å². The highest BCUT2D eigenvalue weighted by Crippen LogP contribution is 2.40. The van der Waals surface area contributed by atoms with E-state index < -0.39 is 0 Å². The number of carbonyl (C=O) groups excluding carboxylic acids is 2. The lowest BCUT2D eigenvalue weighted by Crippen LogP contribution is -2.44. The zero-order chi connectivity index (χ0) is 18.7. The molecule has 2 heterocycles. The van der Waals surface area contributed by atoms with Crippen molar-refractivity contribution < 1.29 is 19.1 Å². The fraction of sp³-hybridized carbons (Fsp3) is 0.684. The quantitative estimate of drug-likeness (QED) is 0.796. The van der Waals surface area contributed by atoms with E-state index in [2.05, 4.69) is 17.1 Å². The Kier molecular flexibility index (Phi) is 6.32. The second-order valence-corrected chi connectivity index (χ2v) is 8.35. The van der Waals surface area contributed by atoms with Gasteiger partial charge in [0.25, 0.3) is 0 Å². The number of morpholine rings is 1. The topological polar surface area (TPSA) is 67.9 Å². The van der Waals surface area contributed by atoms with Crippen molar-refractivity contribution in [2.24, 2.45) is 5.92 Å². The highest BCUT2D eigenvalue weighted by molar-refractivity contribution is 7.17. The number of nitrogens with zero attached hydrogens (tertiary/aromatic N) is 1. The molecule has 26 heavy (non-hydrogen) atoms. The van der Waals surface area contributed by atoms with Gasteiger partial charge < -0.3 is 14.8 Å². The van der Waals surface area contributed by atoms with Gasteiger partial charge in [0, 0.05) is 18.0 Å². The lowest BCUT2D eigenvalue weighted by molar-refractivity contribution is -0.119. The Morgan fingerprint density at radius 1 is 1.38 bits per heavy atom. The van der Waals surface area contributed by atoms with Crippen LogP contribution in [0.4, 0.5) is 5.00 Å². The van der Waals surface area contributed by atoms with E-state index in [-0.39, 0.29) is 18.0 Å². The van der Waals surface area contributed by atoms with Crippen molar-refractivity contribution in [2.45, 2.75) is 46.1 Å². The Bertz CT molecular complexity index is 673. The third-order valence-corrected chi connectivity index (χ3v) is 6.11. The van der Waals surface area contributed by atoms with Crippen LogP contribution in [0.1, 0.15) is 48.0 Å². The Morgan fingerprint density at radius 3 is 2.92 bits per heavy atom. The van der Waals surface area contributed by atoms with Gasteiger partial charge in [-0.05, 0) is 44.6 Å². The van der Waals surface area contributed by atoms with Crippen molar-refractivity contribution in [3.05, 3.63) is 16.0 Å². The largest absolute Gasteiger partial charge is 0.462 e. The van der Waals surface area contributed by atoms with E-state index in [0.717, 1.165) is 37.9 Å². The van der Waals surface area contributed by atoms with Crippen molar-refractivity contribution in [1.29, 1.82) is 0 Å². The zero-order valence-corrected chi connectivity index (χ0v) is 16.6. The van der Waals surface area contributed by atoms with E-state index in [1.807, 2.05) is 6.92 Å². The number of nitrogens with one attached hydrogen (secondary N) is 1. The number of anilines is 1. The number of amides is 1. The molecule has 0 radical (unpaired) electrons. The monoisotopic (exact) mass is 380 g/mol. The first kappa shape index (κ1) is 19.3. The van der Waals surface area contributed by atoms with Gasteiger partial charge in [0.15, 0.2) is 0 Å². The maximum absolute atomic E-state index is 12.6. The van der Waals surface area contributed by atoms with Crippen LogP contribution in [0.5, 0.6) is 0 Å². The van der Waals surface area contributed by atoms with E-state index in [0.29, 0.717) is 36.2 Å². The number of hydrogen-bond acceptors (Lipinski definition) is 6. The first-order valence-corrected chi connectivity index (χ1v) is 10.2. The van der Waals surface area contributed by atoms with Crippen molar-refractivity contribution >= 4 is 28.2 Å². The fourth-order valence-electron chi connectivity index (χ4n) is 3.66. The molecule has 1 saturated heterocycles. The van der Waals surface area contributed by atoms with Crippen molar-refractivity contribution in [3.8, 4) is 0 Å². The van der Waals surface area contributed by atoms with Gasteiger partial charge in [0.2, 0.25) is 5.91 Å². The van der Waals surface area contributed by atoms with Crippen molar-refractivity contribution in [3.63, 3.8) is 0 Å². The molecule has 1 aliphatic carbocycles. The van der Waals surface area contributed by atoms with Gasteiger partial charge in [-0.2, -0.15) is 0 Å². The minimum absolute atomic E-state index is 0.0868. The summed E-state index contributed by atoms with van der Waals surface area (Å²) in [5, 5.41) is 3.63. The first-order chi connectivity index (χ1) is 12.5. The Morgan fingerprint density at radius 2 is 2.19 bits per heavy atom. The molecule has 1 fully saturated rings. The normalized spacial score (nSPS) is 23.3. The molecule has 6 nitrogen and oxygen atoms in total. The molecule has 2 atom stereocenters. The molecule has 7 heteroatoms. The summed E-state index contributed by atoms with van der Waals surface area (Å²) in [6.07, 6.45) is 3.04. The number of esters is 1. The molecule has 1 amide bonds. The standard InChI is InChI=1S/C19H28N2O4S/c1-4-24-19(23)17-14-6-5-12(2)9-15(14)26-18(17)20-16(22)11-21-7-8-25-13(3)10-21/h12-13H,4-11H2,1-3H3,(H,20,22). The highest BCUT2D eigenvalue weighted by atomic mass is 32.1. The molecule has 0 bridgehead atoms. The molecular weight excluding hydrogens is 352 g/mol. The molecular formula is C19H28N2O4S. The van der Waals surface area contributed by atoms with Crippen molar-refractivity contribution in [2.75, 3.05) is 38.2 Å². The average Bonchev–Trinajstić information content (AvgIpc) is 2.91. The molecule has 1 aliphatic heterocycles. The van der Waals surface area contributed by atoms with Crippen LogP contribution in [0.15, 0.2) is 0 Å². The lowest BCUT2D eigenvalue weighted by Gasteiger charge is -2.30. The minimum atomic E-state index is -0.324. The Hall–Kier alpha value is -1.44. The summed E-state index contributed by atoms with van der Waals surface area (Å²) in [5.74, 6) is 0.195. The maximum atomic E-state index is 12.6. The molecule has 144 valence electrons. The van der Waals surface area contributed by atoms with Crippen molar-refractivity contribution in [1.82, 2.24) is 4.90 Å². The molecule has 0 spiro atoms. The van der Waals surface area contributed by atoms with Crippen LogP contribution >= 0.6 is 11.3 Å². The van der Waals surface area contributed by atoms with Gasteiger partial charge in [-0.1, -0.05) is 6.92 Å². The summed E-state index contributed by atoms with van der Waals surface area (Å²) < 4.78 is 10.8. The van der Waals surface area contributed by atoms with Gasteiger partial charge in [-0.25, -0.2) is 4.79 Å². The number of thiophene rings is 1. The number of ether oxygens (including phenoxy) is 2. The molecule has 3 rings (SSSR count). The van der Waals surface area contributed by atoms with E-state index in [1.165, 1.54) is 16.2 Å². The minimum Gasteiger partial charge on any atom is -0.462 e. The predicted molar refractivity (Wildman–Crippen MR) is 102 cm³/mol. The van der Waals surface area contributed by atoms with Crippen LogP contribution in [0, 0.1) is 5.92 Å². The number of hydrogen-bond donors (Lipinski definition) is 1. The first-order valence-electron chi connectivity index (χ1n) is 9.43. The molecule has 1 N–H and O–H groups in total. The summed E-state index contributed by atoms with van der Waals surface area (Å²) in [6.45, 7) is 8.83. The molecule has 1 aromatic rings. The summed E-state index contributed by atoms with van der Waals surface area (Å²) in [5.41, 5.74) is 1.64. The van der Waals surface area contributed by atoms with E-state index in [1.54, 1.807) is 6.92 Å². The van der Waals surface area contributed by atoms with Gasteiger partial charge in [-0.15, -0.1) is 11.3 Å². The number of fused-ring (bicyclic) bond motifs is 1. The zero-order valence-electron chi connectivity index (χ0n) is 15.8. The van der Waals surface area contributed by atoms with Crippen LogP contribution in [0.25, 0.3) is 0 Å². The summed E-state index contributed by atoms with van der Waals surface area (Å²) in [4.78, 5) is 28.4. The molecule has 0 saturated carbocycles. The number of rotatable bonds is 5. The van der Waals surface area contributed by atoms with E-state index in [4.69, 9.17) is 9.47 Å². The molecule has 1 aromatic heterocycles. The lowest BCUT2D eigenvalue weighted by atomic mass is 9.88. The number of carbonyl (C=O) groups is 2. The predicted octanol–water partition coefficient (Wildman–Crippen LogP) is 2.71. The molecule has 0 aromatic carbocycles.